The van der Waals surface area contributed by atoms with Crippen molar-refractivity contribution in [3.63, 3.8) is 0 Å². The zero-order chi connectivity index (χ0) is 50.7. The fourth-order valence-electron chi connectivity index (χ4n) is 6.84. The van der Waals surface area contributed by atoms with Gasteiger partial charge in [0.15, 0.2) is 0 Å². The van der Waals surface area contributed by atoms with Gasteiger partial charge in [-0.25, -0.2) is 4.79 Å². The molecule has 1 aliphatic heterocycles. The summed E-state index contributed by atoms with van der Waals surface area (Å²) in [6.07, 6.45) is 1.92. The topological polar surface area (TPSA) is 297 Å². The van der Waals surface area contributed by atoms with Crippen LogP contribution in [-0.2, 0) is 65.5 Å². The van der Waals surface area contributed by atoms with Gasteiger partial charge >= 0.3 is 11.9 Å². The Bertz CT molecular complexity index is 2190. The third-order valence-electron chi connectivity index (χ3n) is 11.2. The van der Waals surface area contributed by atoms with E-state index in [1.54, 1.807) is 45.9 Å². The number of aromatic hydroxyl groups is 2. The molecule has 2 aromatic rings. The van der Waals surface area contributed by atoms with Crippen LogP contribution < -0.4 is 37.2 Å². The molecule has 3 rings (SSSR count). The highest BCUT2D eigenvalue weighted by Gasteiger charge is 2.38. The number of carbonyl (C=O) groups is 9. The van der Waals surface area contributed by atoms with E-state index < -0.39 is 102 Å². The number of unbranched alkanes of at least 4 members (excludes halogenated alkanes) is 1. The number of aryl methyl sites for hydroxylation is 1. The van der Waals surface area contributed by atoms with Crippen molar-refractivity contribution < 1.29 is 62.8 Å². The van der Waals surface area contributed by atoms with Gasteiger partial charge in [-0.05, 0) is 102 Å². The molecule has 68 heavy (non-hydrogen) atoms. The Morgan fingerprint density at radius 1 is 0.779 bits per heavy atom. The number of amides is 7. The number of phenols is 2. The molecule has 1 fully saturated rings. The van der Waals surface area contributed by atoms with Crippen molar-refractivity contribution >= 4 is 53.3 Å². The number of hydrogen-bond acceptors (Lipinski definition) is 13. The van der Waals surface area contributed by atoms with Crippen LogP contribution in [-0.4, -0.2) is 113 Å². The highest BCUT2D eigenvalue weighted by Crippen LogP contribution is 2.17. The van der Waals surface area contributed by atoms with Gasteiger partial charge in [0.25, 0.3) is 5.91 Å². The summed E-state index contributed by atoms with van der Waals surface area (Å²) < 4.78 is 10.6. The number of benzene rings is 2. The Balaban J connectivity index is 2.07. The van der Waals surface area contributed by atoms with Crippen molar-refractivity contribution in [3.05, 3.63) is 83.1 Å². The van der Waals surface area contributed by atoms with Gasteiger partial charge in [0.2, 0.25) is 35.4 Å². The monoisotopic (exact) mass is 947 g/mol. The molecule has 7 unspecified atom stereocenters. The molecular weight excluding hydrogens is 883 g/mol. The number of hydrogen-bond donors (Lipinski definition) is 9. The molecule has 2 aromatic carbocycles. The Kier molecular flexibility index (Phi) is 21.7. The average molecular weight is 948 g/mol. The third-order valence-corrected chi connectivity index (χ3v) is 11.2. The van der Waals surface area contributed by atoms with Crippen LogP contribution in [0.1, 0.15) is 91.7 Å². The predicted octanol–water partition coefficient (Wildman–Crippen LogP) is 1.52. The standard InChI is InChI=1S/C48H65N7O13/c1-9-27(5)41(59)54-39(26(3)4)46(64)53-37(25-31-17-21-33(57)22-18-31)45(63)55-40-29(7)68-48(66)36(14-12-11-13-30-15-19-32(56)20-16-30)52-44(62)35(23-24-38(58)67-8)51-43(61)34(10-2)50-42(60)28(6)49-47(40)65/h9-10,15-22,26,28-29,35-37,39-40,56-57H,11-14,23-25H2,1-8H3,(H,49,65)(H,50,60)(H,51,61)(H,52,62)(H,53,64)(H,54,59)(H,55,63). The van der Waals surface area contributed by atoms with Gasteiger partial charge in [0, 0.05) is 18.4 Å². The van der Waals surface area contributed by atoms with E-state index in [9.17, 15) is 53.4 Å². The normalized spacial score (nSPS) is 21.2. The highest BCUT2D eigenvalue weighted by atomic mass is 16.5. The first-order valence-corrected chi connectivity index (χ1v) is 22.4. The average Bonchev–Trinajstić information content (AvgIpc) is 3.30. The lowest BCUT2D eigenvalue weighted by Crippen LogP contribution is -2.62. The molecule has 0 bridgehead atoms. The fraction of sp³-hybridized carbons (Fsp3) is 0.479. The number of esters is 2. The molecule has 1 saturated heterocycles. The van der Waals surface area contributed by atoms with Gasteiger partial charge in [-0.15, -0.1) is 0 Å². The van der Waals surface area contributed by atoms with E-state index in [-0.39, 0.29) is 42.9 Å². The number of ether oxygens (including phenoxy) is 2. The van der Waals surface area contributed by atoms with E-state index in [4.69, 9.17) is 9.47 Å². The second-order valence-corrected chi connectivity index (χ2v) is 16.8. The van der Waals surface area contributed by atoms with Crippen molar-refractivity contribution in [3.8, 4) is 11.5 Å². The number of cyclic esters (lactones) is 1. The molecule has 1 aliphatic rings. The molecule has 7 amide bonds. The van der Waals surface area contributed by atoms with Crippen molar-refractivity contribution in [2.45, 2.75) is 136 Å². The van der Waals surface area contributed by atoms with Crippen molar-refractivity contribution in [1.29, 1.82) is 0 Å². The van der Waals surface area contributed by atoms with Crippen LogP contribution in [0.3, 0.4) is 0 Å². The minimum atomic E-state index is -1.75. The number of phenolic OH excluding ortho intramolecular Hbond substituents is 2. The van der Waals surface area contributed by atoms with Crippen LogP contribution in [0.15, 0.2) is 72.0 Å². The second kappa shape index (κ2) is 26.8. The lowest BCUT2D eigenvalue weighted by atomic mass is 10.00. The predicted molar refractivity (Wildman–Crippen MR) is 248 cm³/mol. The molecule has 7 atom stereocenters. The van der Waals surface area contributed by atoms with Crippen LogP contribution in [0.4, 0.5) is 0 Å². The SMILES string of the molecule is CC=C(C)C(=O)NC(C(=O)NC(Cc1ccc(O)cc1)C(=O)NC1C(=O)NC(C)C(=O)NC(=CC)C(=O)NC(CCC(=O)OC)C(=O)NC(CCCCc2ccc(O)cc2)C(=O)OC1C)C(C)C. The summed E-state index contributed by atoms with van der Waals surface area (Å²) in [5.41, 5.74) is 1.40. The quantitative estimate of drug-likeness (QED) is 0.0619. The Labute approximate surface area is 395 Å². The summed E-state index contributed by atoms with van der Waals surface area (Å²) in [5.74, 6) is -8.06. The molecule has 0 radical (unpaired) electrons. The van der Waals surface area contributed by atoms with E-state index in [1.807, 2.05) is 0 Å². The number of methoxy groups -OCH3 is 1. The van der Waals surface area contributed by atoms with Crippen molar-refractivity contribution in [2.24, 2.45) is 5.92 Å². The first kappa shape index (κ1) is 55.1. The molecule has 370 valence electrons. The summed E-state index contributed by atoms with van der Waals surface area (Å²) >= 11 is 0. The van der Waals surface area contributed by atoms with Gasteiger partial charge in [-0.1, -0.05) is 56.7 Å². The maximum Gasteiger partial charge on any atom is 0.328 e. The minimum absolute atomic E-state index is 0.00860. The first-order valence-electron chi connectivity index (χ1n) is 22.4. The Hall–Kier alpha value is -7.25. The van der Waals surface area contributed by atoms with Crippen LogP contribution in [0.5, 0.6) is 11.5 Å². The number of nitrogens with one attached hydrogen (secondary N) is 7. The molecule has 0 spiro atoms. The maximum atomic E-state index is 14.4. The largest absolute Gasteiger partial charge is 0.508 e. The molecule has 9 N–H and O–H groups in total. The van der Waals surface area contributed by atoms with Crippen LogP contribution in [0, 0.1) is 5.92 Å². The molecule has 1 heterocycles. The molecular formula is C48H65N7O13. The number of carbonyl (C=O) groups excluding carboxylic acids is 9. The van der Waals surface area contributed by atoms with E-state index in [1.165, 1.54) is 63.2 Å². The summed E-state index contributed by atoms with van der Waals surface area (Å²) in [6, 6.07) is 3.81. The maximum absolute atomic E-state index is 14.4. The smallest absolute Gasteiger partial charge is 0.328 e. The minimum Gasteiger partial charge on any atom is -0.508 e. The molecule has 0 aromatic heterocycles. The lowest BCUT2D eigenvalue weighted by Gasteiger charge is -2.30. The molecule has 20 heteroatoms. The van der Waals surface area contributed by atoms with E-state index in [0.29, 0.717) is 30.4 Å². The zero-order valence-electron chi connectivity index (χ0n) is 39.7. The van der Waals surface area contributed by atoms with Gasteiger partial charge in [-0.3, -0.25) is 38.4 Å². The van der Waals surface area contributed by atoms with Gasteiger partial charge < -0.3 is 56.9 Å². The summed E-state index contributed by atoms with van der Waals surface area (Å²) in [5, 5.41) is 37.6. The van der Waals surface area contributed by atoms with Crippen LogP contribution in [0.25, 0.3) is 0 Å². The van der Waals surface area contributed by atoms with E-state index >= 15 is 0 Å². The molecule has 20 nitrogen and oxygen atoms in total. The Morgan fingerprint density at radius 2 is 1.40 bits per heavy atom. The zero-order valence-corrected chi connectivity index (χ0v) is 39.7. The Morgan fingerprint density at radius 3 is 1.97 bits per heavy atom. The number of rotatable bonds is 17. The fourth-order valence-corrected chi connectivity index (χ4v) is 6.84. The second-order valence-electron chi connectivity index (χ2n) is 16.8. The summed E-state index contributed by atoms with van der Waals surface area (Å²) in [6.45, 7) is 10.7. The van der Waals surface area contributed by atoms with Crippen LogP contribution >= 0.6 is 0 Å². The van der Waals surface area contributed by atoms with Crippen molar-refractivity contribution in [2.75, 3.05) is 7.11 Å². The third kappa shape index (κ3) is 17.2. The summed E-state index contributed by atoms with van der Waals surface area (Å²) in [4.78, 5) is 123. The molecule has 0 saturated carbocycles. The highest BCUT2D eigenvalue weighted by molar-refractivity contribution is 6.02. The summed E-state index contributed by atoms with van der Waals surface area (Å²) in [7, 11) is 1.15. The van der Waals surface area contributed by atoms with Crippen LogP contribution in [0.2, 0.25) is 0 Å². The van der Waals surface area contributed by atoms with Gasteiger partial charge in [-0.2, -0.15) is 0 Å². The van der Waals surface area contributed by atoms with Gasteiger partial charge in [0.05, 0.1) is 7.11 Å². The lowest BCUT2D eigenvalue weighted by molar-refractivity contribution is -0.156. The number of allylic oxidation sites excluding steroid dienone is 2. The van der Waals surface area contributed by atoms with Gasteiger partial charge in [0.1, 0.15) is 59.6 Å². The van der Waals surface area contributed by atoms with Crippen molar-refractivity contribution in [1.82, 2.24) is 37.2 Å². The van der Waals surface area contributed by atoms with E-state index in [2.05, 4.69) is 37.2 Å². The van der Waals surface area contributed by atoms with E-state index in [0.717, 1.165) is 12.7 Å². The molecule has 0 aliphatic carbocycles. The first-order chi connectivity index (χ1) is 32.2.